The molecule has 4 rings (SSSR count). The molecule has 0 saturated carbocycles. The molecule has 0 atom stereocenters. The minimum Gasteiger partial charge on any atom is -0.378 e. The molecule has 0 bridgehead atoms. The maximum atomic E-state index is 5.44. The smallest absolute Gasteiger partial charge is 0.228 e. The molecule has 2 aromatic carbocycles. The lowest BCUT2D eigenvalue weighted by molar-refractivity contribution is 0.121. The standard InChI is InChI=1S/C19H22N4OS/c1-2-23-18(22-10-12-24-13-11-22)20-21-19(23)25-14-16-8-5-7-15-6-3-4-9-17(15)16/h3-9H,2,10-14H2,1H3. The van der Waals surface area contributed by atoms with Gasteiger partial charge >= 0.3 is 0 Å². The third-order valence-corrected chi connectivity index (χ3v) is 5.56. The van der Waals surface area contributed by atoms with Crippen LogP contribution in [0.3, 0.4) is 0 Å². The van der Waals surface area contributed by atoms with E-state index in [4.69, 9.17) is 4.74 Å². The molecule has 5 nitrogen and oxygen atoms in total. The fourth-order valence-corrected chi connectivity index (χ4v) is 4.22. The number of nitrogens with zero attached hydrogens (tertiary/aromatic N) is 4. The summed E-state index contributed by atoms with van der Waals surface area (Å²) in [6.45, 7) is 6.30. The van der Waals surface area contributed by atoms with Gasteiger partial charge in [-0.3, -0.25) is 4.57 Å². The molecule has 0 N–H and O–H groups in total. The lowest BCUT2D eigenvalue weighted by Crippen LogP contribution is -2.38. The topological polar surface area (TPSA) is 43.2 Å². The summed E-state index contributed by atoms with van der Waals surface area (Å²) in [6.07, 6.45) is 0. The van der Waals surface area contributed by atoms with Gasteiger partial charge < -0.3 is 9.64 Å². The highest BCUT2D eigenvalue weighted by Gasteiger charge is 2.19. The first-order valence-corrected chi connectivity index (χ1v) is 9.70. The van der Waals surface area contributed by atoms with Gasteiger partial charge in [-0.25, -0.2) is 0 Å². The van der Waals surface area contributed by atoms with Crippen LogP contribution in [0.5, 0.6) is 0 Å². The van der Waals surface area contributed by atoms with Crippen LogP contribution in [-0.2, 0) is 17.0 Å². The third kappa shape index (κ3) is 3.37. The second-order valence-electron chi connectivity index (χ2n) is 6.05. The molecule has 3 aromatic rings. The molecule has 0 aliphatic carbocycles. The zero-order chi connectivity index (χ0) is 17.1. The van der Waals surface area contributed by atoms with Gasteiger partial charge in [-0.1, -0.05) is 54.2 Å². The molecule has 0 unspecified atom stereocenters. The summed E-state index contributed by atoms with van der Waals surface area (Å²) in [5, 5.41) is 12.5. The third-order valence-electron chi connectivity index (χ3n) is 4.54. The molecule has 2 heterocycles. The van der Waals surface area contributed by atoms with Crippen LogP contribution in [0.15, 0.2) is 47.6 Å². The molecule has 1 aliphatic heterocycles. The summed E-state index contributed by atoms with van der Waals surface area (Å²) >= 11 is 1.76. The fourth-order valence-electron chi connectivity index (χ4n) is 3.22. The average molecular weight is 354 g/mol. The Morgan fingerprint density at radius 3 is 2.68 bits per heavy atom. The van der Waals surface area contributed by atoms with Crippen molar-refractivity contribution in [3.8, 4) is 0 Å². The average Bonchev–Trinajstić information content (AvgIpc) is 3.10. The SMILES string of the molecule is CCn1c(SCc2cccc3ccccc23)nnc1N1CCOCC1. The summed E-state index contributed by atoms with van der Waals surface area (Å²) in [6, 6.07) is 15.0. The van der Waals surface area contributed by atoms with Crippen molar-refractivity contribution in [2.75, 3.05) is 31.2 Å². The number of aromatic nitrogens is 3. The van der Waals surface area contributed by atoms with Gasteiger partial charge in [0, 0.05) is 25.4 Å². The van der Waals surface area contributed by atoms with Crippen LogP contribution in [0, 0.1) is 0 Å². The van der Waals surface area contributed by atoms with Gasteiger partial charge in [-0.15, -0.1) is 10.2 Å². The number of thioether (sulfide) groups is 1. The number of fused-ring (bicyclic) bond motifs is 1. The van der Waals surface area contributed by atoms with E-state index in [2.05, 4.69) is 69.1 Å². The summed E-state index contributed by atoms with van der Waals surface area (Å²) in [5.41, 5.74) is 1.33. The first kappa shape index (κ1) is 16.4. The highest BCUT2D eigenvalue weighted by Crippen LogP contribution is 2.28. The van der Waals surface area contributed by atoms with Crippen molar-refractivity contribution in [3.05, 3.63) is 48.0 Å². The number of morpholine rings is 1. The normalized spacial score (nSPS) is 15.0. The lowest BCUT2D eigenvalue weighted by Gasteiger charge is -2.27. The highest BCUT2D eigenvalue weighted by molar-refractivity contribution is 7.98. The second-order valence-corrected chi connectivity index (χ2v) is 7.00. The highest BCUT2D eigenvalue weighted by atomic mass is 32.2. The number of benzene rings is 2. The molecule has 1 fully saturated rings. The van der Waals surface area contributed by atoms with Crippen LogP contribution in [0.2, 0.25) is 0 Å². The van der Waals surface area contributed by atoms with Gasteiger partial charge in [0.05, 0.1) is 13.2 Å². The molecule has 1 saturated heterocycles. The number of ether oxygens (including phenoxy) is 1. The van der Waals surface area contributed by atoms with Gasteiger partial charge in [0.2, 0.25) is 5.95 Å². The van der Waals surface area contributed by atoms with Crippen molar-refractivity contribution in [2.24, 2.45) is 0 Å². The Morgan fingerprint density at radius 2 is 1.84 bits per heavy atom. The molecule has 1 aromatic heterocycles. The summed E-state index contributed by atoms with van der Waals surface area (Å²) < 4.78 is 7.65. The first-order chi connectivity index (χ1) is 12.4. The van der Waals surface area contributed by atoms with Crippen molar-refractivity contribution in [3.63, 3.8) is 0 Å². The van der Waals surface area contributed by atoms with Crippen LogP contribution >= 0.6 is 11.8 Å². The predicted octanol–water partition coefficient (Wildman–Crippen LogP) is 3.58. The maximum absolute atomic E-state index is 5.44. The molecule has 25 heavy (non-hydrogen) atoms. The number of hydrogen-bond donors (Lipinski definition) is 0. The zero-order valence-corrected chi connectivity index (χ0v) is 15.2. The molecule has 0 radical (unpaired) electrons. The van der Waals surface area contributed by atoms with E-state index in [0.717, 1.165) is 49.7 Å². The van der Waals surface area contributed by atoms with Gasteiger partial charge in [0.25, 0.3) is 0 Å². The van der Waals surface area contributed by atoms with Crippen molar-refractivity contribution in [2.45, 2.75) is 24.4 Å². The molecular formula is C19H22N4OS. The van der Waals surface area contributed by atoms with Crippen LogP contribution in [0.4, 0.5) is 5.95 Å². The lowest BCUT2D eigenvalue weighted by atomic mass is 10.1. The van der Waals surface area contributed by atoms with Crippen LogP contribution in [0.1, 0.15) is 12.5 Å². The summed E-state index contributed by atoms with van der Waals surface area (Å²) in [4.78, 5) is 2.27. The molecule has 6 heteroatoms. The van der Waals surface area contributed by atoms with Crippen LogP contribution < -0.4 is 4.90 Å². The number of hydrogen-bond acceptors (Lipinski definition) is 5. The zero-order valence-electron chi connectivity index (χ0n) is 14.4. The quantitative estimate of drug-likeness (QED) is 0.655. The molecule has 0 spiro atoms. The summed E-state index contributed by atoms with van der Waals surface area (Å²) in [5.74, 6) is 1.86. The van der Waals surface area contributed by atoms with Gasteiger partial charge in [0.1, 0.15) is 0 Å². The molecule has 0 amide bonds. The van der Waals surface area contributed by atoms with E-state index in [0.29, 0.717) is 0 Å². The number of anilines is 1. The van der Waals surface area contributed by atoms with E-state index in [-0.39, 0.29) is 0 Å². The summed E-state index contributed by atoms with van der Waals surface area (Å²) in [7, 11) is 0. The Labute approximate surface area is 152 Å². The first-order valence-electron chi connectivity index (χ1n) is 8.72. The second kappa shape index (κ2) is 7.45. The monoisotopic (exact) mass is 354 g/mol. The van der Waals surface area contributed by atoms with Crippen LogP contribution in [0.25, 0.3) is 10.8 Å². The Kier molecular flexibility index (Phi) is 4.90. The van der Waals surface area contributed by atoms with E-state index < -0.39 is 0 Å². The Balaban J connectivity index is 1.55. The molecular weight excluding hydrogens is 332 g/mol. The largest absolute Gasteiger partial charge is 0.378 e. The van der Waals surface area contributed by atoms with Gasteiger partial charge in [-0.2, -0.15) is 0 Å². The van der Waals surface area contributed by atoms with Crippen LogP contribution in [-0.4, -0.2) is 41.1 Å². The van der Waals surface area contributed by atoms with E-state index in [1.54, 1.807) is 11.8 Å². The Morgan fingerprint density at radius 1 is 1.04 bits per heavy atom. The van der Waals surface area contributed by atoms with E-state index >= 15 is 0 Å². The van der Waals surface area contributed by atoms with Crippen molar-refractivity contribution in [1.29, 1.82) is 0 Å². The fraction of sp³-hybridized carbons (Fsp3) is 0.368. The Hall–Kier alpha value is -2.05. The van der Waals surface area contributed by atoms with E-state index in [1.165, 1.54) is 16.3 Å². The van der Waals surface area contributed by atoms with Crippen molar-refractivity contribution in [1.82, 2.24) is 14.8 Å². The Bertz CT molecular complexity index is 852. The van der Waals surface area contributed by atoms with Gasteiger partial charge in [-0.05, 0) is 23.3 Å². The van der Waals surface area contributed by atoms with Gasteiger partial charge in [0.15, 0.2) is 5.16 Å². The van der Waals surface area contributed by atoms with E-state index in [9.17, 15) is 0 Å². The minimum atomic E-state index is 0.759. The number of rotatable bonds is 5. The van der Waals surface area contributed by atoms with Crippen molar-refractivity contribution < 1.29 is 4.74 Å². The molecule has 130 valence electrons. The van der Waals surface area contributed by atoms with Crippen molar-refractivity contribution >= 4 is 28.5 Å². The molecule has 1 aliphatic rings. The predicted molar refractivity (Wildman–Crippen MR) is 102 cm³/mol. The van der Waals surface area contributed by atoms with E-state index in [1.807, 2.05) is 0 Å². The minimum absolute atomic E-state index is 0.759. The maximum Gasteiger partial charge on any atom is 0.228 e.